The van der Waals surface area contributed by atoms with Gasteiger partial charge in [0.15, 0.2) is 0 Å². The van der Waals surface area contributed by atoms with Gasteiger partial charge in [-0.25, -0.2) is 9.97 Å². The first-order chi connectivity index (χ1) is 12.9. The first-order valence-corrected chi connectivity index (χ1v) is 10.8. The summed E-state index contributed by atoms with van der Waals surface area (Å²) in [5.41, 5.74) is 6.42. The number of thiophene rings is 1. The fourth-order valence-electron chi connectivity index (χ4n) is 4.00. The minimum absolute atomic E-state index is 0.855. The Labute approximate surface area is 167 Å². The average Bonchev–Trinajstić information content (AvgIpc) is 2.91. The van der Waals surface area contributed by atoms with Crippen LogP contribution in [-0.4, -0.2) is 23.1 Å². The van der Waals surface area contributed by atoms with Crippen LogP contribution in [0.1, 0.15) is 54.1 Å². The quantitative estimate of drug-likeness (QED) is 0.486. The molecule has 0 aliphatic heterocycles. The van der Waals surface area contributed by atoms with Crippen molar-refractivity contribution in [2.45, 2.75) is 61.3 Å². The molecule has 0 aliphatic rings. The van der Waals surface area contributed by atoms with Crippen LogP contribution in [0, 0.1) is 34.6 Å². The lowest BCUT2D eigenvalue weighted by Crippen LogP contribution is -2.25. The maximum absolute atomic E-state index is 4.91. The summed E-state index contributed by atoms with van der Waals surface area (Å²) in [6, 6.07) is 4.55. The Hall–Kier alpha value is -1.94. The van der Waals surface area contributed by atoms with Crippen molar-refractivity contribution < 1.29 is 0 Å². The van der Waals surface area contributed by atoms with Gasteiger partial charge in [-0.15, -0.1) is 11.3 Å². The monoisotopic (exact) mass is 381 g/mol. The van der Waals surface area contributed by atoms with Crippen molar-refractivity contribution in [3.8, 4) is 10.4 Å². The van der Waals surface area contributed by atoms with Crippen LogP contribution in [0.2, 0.25) is 0 Å². The molecular formula is C23H31N3S. The highest BCUT2D eigenvalue weighted by atomic mass is 32.1. The second-order valence-electron chi connectivity index (χ2n) is 7.51. The molecule has 3 aromatic rings. The van der Waals surface area contributed by atoms with Gasteiger partial charge in [0.05, 0.1) is 15.8 Å². The normalized spacial score (nSPS) is 11.4. The molecule has 0 saturated carbocycles. The Morgan fingerprint density at radius 3 is 2.22 bits per heavy atom. The molecule has 27 heavy (non-hydrogen) atoms. The summed E-state index contributed by atoms with van der Waals surface area (Å²) in [7, 11) is 0. The maximum atomic E-state index is 4.91. The molecule has 0 spiro atoms. The fraction of sp³-hybridized carbons (Fsp3) is 0.478. The third-order valence-corrected chi connectivity index (χ3v) is 6.30. The Morgan fingerprint density at radius 2 is 1.63 bits per heavy atom. The second-order valence-corrected chi connectivity index (χ2v) is 8.74. The van der Waals surface area contributed by atoms with Gasteiger partial charge in [0, 0.05) is 18.0 Å². The smallest absolute Gasteiger partial charge is 0.141 e. The largest absolute Gasteiger partial charge is 0.356 e. The number of nitrogens with zero attached hydrogens (tertiary/aromatic N) is 3. The SMILES string of the molecule is CCCCN(CC)c1nc(C)nc2c(-c3c(C)cc(C)cc3C)sc(C)c12. The molecule has 3 rings (SSSR count). The summed E-state index contributed by atoms with van der Waals surface area (Å²) < 4.78 is 0. The molecule has 0 aliphatic carbocycles. The Balaban J connectivity index is 2.27. The van der Waals surface area contributed by atoms with E-state index in [0.717, 1.165) is 30.2 Å². The van der Waals surface area contributed by atoms with Gasteiger partial charge in [0.25, 0.3) is 0 Å². The summed E-state index contributed by atoms with van der Waals surface area (Å²) in [4.78, 5) is 14.8. The molecule has 0 saturated heterocycles. The summed E-state index contributed by atoms with van der Waals surface area (Å²) in [5.74, 6) is 1.96. The first-order valence-electron chi connectivity index (χ1n) is 9.98. The van der Waals surface area contributed by atoms with Crippen LogP contribution < -0.4 is 4.90 Å². The molecule has 0 atom stereocenters. The molecular weight excluding hydrogens is 350 g/mol. The minimum Gasteiger partial charge on any atom is -0.356 e. The Morgan fingerprint density at radius 1 is 0.963 bits per heavy atom. The van der Waals surface area contributed by atoms with E-state index in [1.807, 2.05) is 18.3 Å². The molecule has 0 amide bonds. The molecule has 144 valence electrons. The van der Waals surface area contributed by atoms with Gasteiger partial charge in [-0.1, -0.05) is 31.0 Å². The number of rotatable bonds is 6. The number of anilines is 1. The number of aryl methyl sites for hydroxylation is 5. The summed E-state index contributed by atoms with van der Waals surface area (Å²) in [6.07, 6.45) is 2.38. The number of benzene rings is 1. The van der Waals surface area contributed by atoms with E-state index in [1.54, 1.807) is 0 Å². The third kappa shape index (κ3) is 3.73. The summed E-state index contributed by atoms with van der Waals surface area (Å²) in [6.45, 7) is 17.3. The van der Waals surface area contributed by atoms with E-state index < -0.39 is 0 Å². The van der Waals surface area contributed by atoms with Crippen LogP contribution in [0.25, 0.3) is 21.3 Å². The molecule has 3 nitrogen and oxygen atoms in total. The van der Waals surface area contributed by atoms with Crippen molar-refractivity contribution in [1.82, 2.24) is 9.97 Å². The Kier molecular flexibility index (Phi) is 5.85. The highest BCUT2D eigenvalue weighted by Crippen LogP contribution is 2.43. The van der Waals surface area contributed by atoms with Gasteiger partial charge >= 0.3 is 0 Å². The van der Waals surface area contributed by atoms with Gasteiger partial charge in [-0.3, -0.25) is 0 Å². The van der Waals surface area contributed by atoms with Crippen LogP contribution in [0.15, 0.2) is 12.1 Å². The van der Waals surface area contributed by atoms with Crippen molar-refractivity contribution in [2.75, 3.05) is 18.0 Å². The van der Waals surface area contributed by atoms with Crippen LogP contribution >= 0.6 is 11.3 Å². The molecule has 2 aromatic heterocycles. The molecule has 4 heteroatoms. The van der Waals surface area contributed by atoms with Gasteiger partial charge in [0.2, 0.25) is 0 Å². The van der Waals surface area contributed by atoms with E-state index >= 15 is 0 Å². The molecule has 2 heterocycles. The first kappa shape index (κ1) is 19.8. The number of hydrogen-bond donors (Lipinski definition) is 0. The highest BCUT2D eigenvalue weighted by Gasteiger charge is 2.21. The predicted octanol–water partition coefficient (Wildman–Crippen LogP) is 6.53. The lowest BCUT2D eigenvalue weighted by molar-refractivity contribution is 0.724. The summed E-state index contributed by atoms with van der Waals surface area (Å²) in [5, 5.41) is 1.23. The van der Waals surface area contributed by atoms with Gasteiger partial charge in [-0.2, -0.15) is 0 Å². The van der Waals surface area contributed by atoms with Crippen molar-refractivity contribution in [3.05, 3.63) is 39.5 Å². The van der Waals surface area contributed by atoms with Crippen molar-refractivity contribution >= 4 is 28.1 Å². The van der Waals surface area contributed by atoms with E-state index in [0.29, 0.717) is 0 Å². The lowest BCUT2D eigenvalue weighted by atomic mass is 9.98. The molecule has 0 bridgehead atoms. The predicted molar refractivity (Wildman–Crippen MR) is 119 cm³/mol. The van der Waals surface area contributed by atoms with E-state index in [4.69, 9.17) is 9.97 Å². The topological polar surface area (TPSA) is 29.0 Å². The zero-order valence-corrected chi connectivity index (χ0v) is 18.5. The Bertz CT molecular complexity index is 948. The fourth-order valence-corrected chi connectivity index (χ4v) is 5.26. The average molecular weight is 382 g/mol. The van der Waals surface area contributed by atoms with Crippen LogP contribution in [0.4, 0.5) is 5.82 Å². The molecule has 1 aromatic carbocycles. The third-order valence-electron chi connectivity index (χ3n) is 5.19. The number of unbranched alkanes of at least 4 members (excludes halogenated alkanes) is 1. The van der Waals surface area contributed by atoms with Crippen molar-refractivity contribution in [2.24, 2.45) is 0 Å². The van der Waals surface area contributed by atoms with Crippen LogP contribution in [0.5, 0.6) is 0 Å². The van der Waals surface area contributed by atoms with Crippen molar-refractivity contribution in [3.63, 3.8) is 0 Å². The number of fused-ring (bicyclic) bond motifs is 1. The number of hydrogen-bond acceptors (Lipinski definition) is 4. The van der Waals surface area contributed by atoms with Gasteiger partial charge < -0.3 is 4.90 Å². The van der Waals surface area contributed by atoms with E-state index in [9.17, 15) is 0 Å². The zero-order valence-electron chi connectivity index (χ0n) is 17.7. The number of aromatic nitrogens is 2. The van der Waals surface area contributed by atoms with Gasteiger partial charge in [-0.05, 0) is 64.7 Å². The molecule has 0 radical (unpaired) electrons. The van der Waals surface area contributed by atoms with Crippen molar-refractivity contribution in [1.29, 1.82) is 0 Å². The van der Waals surface area contributed by atoms with Gasteiger partial charge in [0.1, 0.15) is 11.6 Å². The minimum atomic E-state index is 0.855. The maximum Gasteiger partial charge on any atom is 0.141 e. The molecule has 0 unspecified atom stereocenters. The highest BCUT2D eigenvalue weighted by molar-refractivity contribution is 7.17. The lowest BCUT2D eigenvalue weighted by Gasteiger charge is -2.23. The molecule has 0 fully saturated rings. The zero-order chi connectivity index (χ0) is 19.7. The van der Waals surface area contributed by atoms with E-state index in [-0.39, 0.29) is 0 Å². The van der Waals surface area contributed by atoms with E-state index in [1.165, 1.54) is 50.2 Å². The van der Waals surface area contributed by atoms with Crippen LogP contribution in [-0.2, 0) is 0 Å². The van der Waals surface area contributed by atoms with E-state index in [2.05, 4.69) is 58.6 Å². The standard InChI is InChI=1S/C23H31N3S/c1-8-10-11-26(9-2)23-20-17(6)27-22(21(20)24-18(7)25-23)19-15(4)12-14(3)13-16(19)5/h12-13H,8-11H2,1-7H3. The second kappa shape index (κ2) is 7.97. The molecule has 0 N–H and O–H groups in total. The summed E-state index contributed by atoms with van der Waals surface area (Å²) >= 11 is 1.86. The van der Waals surface area contributed by atoms with Crippen LogP contribution in [0.3, 0.4) is 0 Å².